The highest BCUT2D eigenvalue weighted by Gasteiger charge is 2.01. The summed E-state index contributed by atoms with van der Waals surface area (Å²) in [5, 5.41) is 6.69. The first-order valence-electron chi connectivity index (χ1n) is 9.34. The van der Waals surface area contributed by atoms with Gasteiger partial charge in [-0.15, -0.1) is 0 Å². The van der Waals surface area contributed by atoms with Crippen molar-refractivity contribution in [3.63, 3.8) is 0 Å². The van der Waals surface area contributed by atoms with Gasteiger partial charge in [-0.05, 0) is 36.8 Å². The molecule has 3 nitrogen and oxygen atoms in total. The van der Waals surface area contributed by atoms with Crippen LogP contribution in [0, 0.1) is 5.82 Å². The predicted octanol–water partition coefficient (Wildman–Crippen LogP) is 6.35. The van der Waals surface area contributed by atoms with E-state index in [2.05, 4.69) is 17.6 Å². The van der Waals surface area contributed by atoms with Gasteiger partial charge >= 0.3 is 0 Å². The second-order valence-corrected chi connectivity index (χ2v) is 6.68. The average molecular weight is 379 g/mol. The van der Waals surface area contributed by atoms with Crippen LogP contribution in [0.5, 0.6) is 5.75 Å². The van der Waals surface area contributed by atoms with Gasteiger partial charge in [0.15, 0.2) is 0 Å². The van der Waals surface area contributed by atoms with E-state index in [0.717, 1.165) is 36.7 Å². The number of benzene rings is 2. The van der Waals surface area contributed by atoms with E-state index in [1.54, 1.807) is 12.1 Å². The molecule has 142 valence electrons. The molecular formula is C21H28ClFN2O. The van der Waals surface area contributed by atoms with E-state index >= 15 is 0 Å². The molecule has 0 fully saturated rings. The molecule has 0 aliphatic heterocycles. The van der Waals surface area contributed by atoms with Gasteiger partial charge in [0.2, 0.25) is 0 Å². The van der Waals surface area contributed by atoms with Gasteiger partial charge in [-0.3, -0.25) is 0 Å². The van der Waals surface area contributed by atoms with Crippen LogP contribution in [0.25, 0.3) is 0 Å². The third kappa shape index (κ3) is 7.52. The molecule has 2 aromatic carbocycles. The Morgan fingerprint density at radius 1 is 0.923 bits per heavy atom. The topological polar surface area (TPSA) is 33.3 Å². The lowest BCUT2D eigenvalue weighted by atomic mass is 10.2. The summed E-state index contributed by atoms with van der Waals surface area (Å²) in [4.78, 5) is 0. The molecule has 0 unspecified atom stereocenters. The van der Waals surface area contributed by atoms with Crippen LogP contribution < -0.4 is 15.4 Å². The Morgan fingerprint density at radius 3 is 2.38 bits per heavy atom. The van der Waals surface area contributed by atoms with Crippen molar-refractivity contribution >= 4 is 23.0 Å². The fraction of sp³-hybridized carbons (Fsp3) is 0.429. The zero-order valence-electron chi connectivity index (χ0n) is 15.4. The Balaban J connectivity index is 1.66. The van der Waals surface area contributed by atoms with E-state index in [1.165, 1.54) is 31.7 Å². The molecule has 2 rings (SSSR count). The second-order valence-electron chi connectivity index (χ2n) is 6.27. The van der Waals surface area contributed by atoms with Crippen molar-refractivity contribution in [2.75, 3.05) is 30.3 Å². The van der Waals surface area contributed by atoms with Gasteiger partial charge in [0.1, 0.15) is 11.6 Å². The van der Waals surface area contributed by atoms with Crippen LogP contribution in [0.3, 0.4) is 0 Å². The Labute approximate surface area is 160 Å². The minimum absolute atomic E-state index is 0.127. The number of hydrogen-bond donors (Lipinski definition) is 2. The van der Waals surface area contributed by atoms with Crippen LogP contribution in [0.2, 0.25) is 5.02 Å². The minimum Gasteiger partial charge on any atom is -0.494 e. The van der Waals surface area contributed by atoms with Crippen LogP contribution in [0.15, 0.2) is 42.5 Å². The van der Waals surface area contributed by atoms with Crippen LogP contribution in [-0.2, 0) is 0 Å². The quantitative estimate of drug-likeness (QED) is 0.422. The second kappa shape index (κ2) is 11.6. The molecule has 0 heterocycles. The highest BCUT2D eigenvalue weighted by atomic mass is 35.5. The molecule has 26 heavy (non-hydrogen) atoms. The van der Waals surface area contributed by atoms with Gasteiger partial charge in [0.25, 0.3) is 0 Å². The largest absolute Gasteiger partial charge is 0.494 e. The number of halogens is 2. The van der Waals surface area contributed by atoms with Gasteiger partial charge in [-0.1, -0.05) is 50.3 Å². The summed E-state index contributed by atoms with van der Waals surface area (Å²) in [6.45, 7) is 4.42. The Bertz CT molecular complexity index is 666. The smallest absolute Gasteiger partial charge is 0.141 e. The summed E-state index contributed by atoms with van der Waals surface area (Å²) in [6.07, 6.45) is 6.18. The fourth-order valence-electron chi connectivity index (χ4n) is 2.61. The maximum Gasteiger partial charge on any atom is 0.141 e. The first-order valence-corrected chi connectivity index (χ1v) is 9.72. The molecule has 0 amide bonds. The van der Waals surface area contributed by atoms with Gasteiger partial charge in [-0.2, -0.15) is 0 Å². The molecule has 0 atom stereocenters. The van der Waals surface area contributed by atoms with E-state index in [9.17, 15) is 4.39 Å². The third-order valence-corrected chi connectivity index (χ3v) is 4.34. The van der Waals surface area contributed by atoms with Crippen LogP contribution in [0.4, 0.5) is 15.8 Å². The zero-order valence-corrected chi connectivity index (χ0v) is 16.1. The van der Waals surface area contributed by atoms with E-state index in [1.807, 2.05) is 24.3 Å². The van der Waals surface area contributed by atoms with Gasteiger partial charge in [-0.25, -0.2) is 4.39 Å². The van der Waals surface area contributed by atoms with Crippen LogP contribution >= 0.6 is 11.6 Å². The Morgan fingerprint density at radius 2 is 1.65 bits per heavy atom. The standard InChI is InChI=1S/C21H28ClFN2O/c1-2-3-4-5-6-14-26-19-9-7-8-17(15-19)24-12-13-25-18-10-11-21(23)20(22)16-18/h7-11,15-16,24-25H,2-6,12-14H2,1H3. The molecule has 0 aromatic heterocycles. The molecule has 0 aliphatic rings. The first-order chi connectivity index (χ1) is 12.7. The normalized spacial score (nSPS) is 10.6. The Hall–Kier alpha value is -1.94. The summed E-state index contributed by atoms with van der Waals surface area (Å²) in [5.41, 5.74) is 1.82. The van der Waals surface area contributed by atoms with Gasteiger partial charge < -0.3 is 15.4 Å². The SMILES string of the molecule is CCCCCCCOc1cccc(NCCNc2ccc(F)c(Cl)c2)c1. The molecule has 5 heteroatoms. The summed E-state index contributed by atoms with van der Waals surface area (Å²) < 4.78 is 18.9. The lowest BCUT2D eigenvalue weighted by molar-refractivity contribution is 0.304. The van der Waals surface area contributed by atoms with Gasteiger partial charge in [0.05, 0.1) is 11.6 Å². The summed E-state index contributed by atoms with van der Waals surface area (Å²) >= 11 is 5.77. The number of rotatable bonds is 12. The molecule has 2 N–H and O–H groups in total. The summed E-state index contributed by atoms with van der Waals surface area (Å²) in [6, 6.07) is 12.6. The van der Waals surface area contributed by atoms with Crippen molar-refractivity contribution in [1.29, 1.82) is 0 Å². The lowest BCUT2D eigenvalue weighted by Gasteiger charge is -2.11. The number of ether oxygens (including phenoxy) is 1. The summed E-state index contributed by atoms with van der Waals surface area (Å²) in [5.74, 6) is 0.487. The van der Waals surface area contributed by atoms with Crippen molar-refractivity contribution in [3.05, 3.63) is 53.3 Å². The maximum atomic E-state index is 13.1. The fourth-order valence-corrected chi connectivity index (χ4v) is 2.79. The van der Waals surface area contributed by atoms with E-state index in [0.29, 0.717) is 6.54 Å². The molecule has 0 radical (unpaired) electrons. The predicted molar refractivity (Wildman–Crippen MR) is 109 cm³/mol. The number of anilines is 2. The molecule has 0 saturated heterocycles. The Kier molecular flexibility index (Phi) is 9.11. The highest BCUT2D eigenvalue weighted by molar-refractivity contribution is 6.31. The average Bonchev–Trinajstić information content (AvgIpc) is 2.65. The maximum absolute atomic E-state index is 13.1. The molecule has 0 spiro atoms. The number of unbranched alkanes of at least 4 members (excludes halogenated alkanes) is 4. The van der Waals surface area contributed by atoms with Crippen molar-refractivity contribution < 1.29 is 9.13 Å². The number of nitrogens with one attached hydrogen (secondary N) is 2. The van der Waals surface area contributed by atoms with Crippen LogP contribution in [-0.4, -0.2) is 19.7 Å². The van der Waals surface area contributed by atoms with Crippen molar-refractivity contribution in [2.45, 2.75) is 39.0 Å². The van der Waals surface area contributed by atoms with Crippen molar-refractivity contribution in [3.8, 4) is 5.75 Å². The zero-order chi connectivity index (χ0) is 18.6. The monoisotopic (exact) mass is 378 g/mol. The number of hydrogen-bond acceptors (Lipinski definition) is 3. The highest BCUT2D eigenvalue weighted by Crippen LogP contribution is 2.20. The molecule has 0 saturated carbocycles. The van der Waals surface area contributed by atoms with Crippen molar-refractivity contribution in [1.82, 2.24) is 0 Å². The van der Waals surface area contributed by atoms with E-state index in [4.69, 9.17) is 16.3 Å². The molecule has 0 bridgehead atoms. The first kappa shape index (κ1) is 20.4. The van der Waals surface area contributed by atoms with Crippen LogP contribution in [0.1, 0.15) is 39.0 Å². The third-order valence-electron chi connectivity index (χ3n) is 4.05. The molecule has 2 aromatic rings. The molecule has 0 aliphatic carbocycles. The summed E-state index contributed by atoms with van der Waals surface area (Å²) in [7, 11) is 0. The van der Waals surface area contributed by atoms with E-state index in [-0.39, 0.29) is 5.02 Å². The van der Waals surface area contributed by atoms with E-state index < -0.39 is 5.82 Å². The minimum atomic E-state index is -0.405. The van der Waals surface area contributed by atoms with Crippen molar-refractivity contribution in [2.24, 2.45) is 0 Å². The van der Waals surface area contributed by atoms with Gasteiger partial charge in [0, 0.05) is 30.5 Å². The lowest BCUT2D eigenvalue weighted by Crippen LogP contribution is -2.13. The molecular weight excluding hydrogens is 351 g/mol.